The first-order chi connectivity index (χ1) is 13.8. The molecule has 0 spiro atoms. The number of carbonyl (C=O) groups excluding carboxylic acids is 4. The summed E-state index contributed by atoms with van der Waals surface area (Å²) in [6.07, 6.45) is 0. The summed E-state index contributed by atoms with van der Waals surface area (Å²) in [6, 6.07) is 12.7. The van der Waals surface area contributed by atoms with Gasteiger partial charge in [0.05, 0.1) is 5.69 Å². The second-order valence-electron chi connectivity index (χ2n) is 6.48. The highest BCUT2D eigenvalue weighted by Gasteiger charge is 2.50. The Kier molecular flexibility index (Phi) is 5.40. The molecule has 148 valence electrons. The second-order valence-corrected chi connectivity index (χ2v) is 6.48. The van der Waals surface area contributed by atoms with Crippen LogP contribution in [0.4, 0.5) is 16.2 Å². The number of hydrazone groups is 1. The summed E-state index contributed by atoms with van der Waals surface area (Å²) in [7, 11) is 0. The number of carbonyl (C=O) groups is 4. The summed E-state index contributed by atoms with van der Waals surface area (Å²) < 4.78 is 0. The zero-order valence-corrected chi connectivity index (χ0v) is 15.8. The van der Waals surface area contributed by atoms with Crippen LogP contribution in [0.2, 0.25) is 0 Å². The van der Waals surface area contributed by atoms with Crippen LogP contribution in [0, 0.1) is 19.8 Å². The standard InChI is InChI=1S/C20H19N5O4/c1-11-7-3-5-9-13(11)22-17(26)15-16(23-24-20(21)29)19(28)25(18(15)27)14-10-6-4-8-12(14)2/h3-10,15H,1-2H3,(H,22,26)(H3,21,24,29). The summed E-state index contributed by atoms with van der Waals surface area (Å²) in [5, 5.41) is 6.29. The van der Waals surface area contributed by atoms with Crippen LogP contribution in [0.25, 0.3) is 0 Å². The van der Waals surface area contributed by atoms with Gasteiger partial charge in [-0.2, -0.15) is 5.10 Å². The number of primary amides is 1. The molecule has 1 heterocycles. The Balaban J connectivity index is 2.01. The van der Waals surface area contributed by atoms with E-state index in [1.165, 1.54) is 0 Å². The molecule has 0 radical (unpaired) electrons. The van der Waals surface area contributed by atoms with Gasteiger partial charge in [0.1, 0.15) is 5.71 Å². The molecule has 0 aliphatic carbocycles. The highest BCUT2D eigenvalue weighted by molar-refractivity contribution is 6.61. The van der Waals surface area contributed by atoms with Gasteiger partial charge in [0.15, 0.2) is 5.92 Å². The lowest BCUT2D eigenvalue weighted by molar-refractivity contribution is -0.127. The molecule has 1 aliphatic heterocycles. The molecule has 1 unspecified atom stereocenters. The fourth-order valence-electron chi connectivity index (χ4n) is 3.01. The Morgan fingerprint density at radius 2 is 1.62 bits per heavy atom. The van der Waals surface area contributed by atoms with Gasteiger partial charge in [-0.3, -0.25) is 14.4 Å². The number of imide groups is 1. The number of hydrogen-bond donors (Lipinski definition) is 3. The largest absolute Gasteiger partial charge is 0.350 e. The van der Waals surface area contributed by atoms with E-state index in [1.807, 2.05) is 5.43 Å². The minimum atomic E-state index is -1.53. The Morgan fingerprint density at radius 1 is 1.00 bits per heavy atom. The Bertz CT molecular complexity index is 1050. The third-order valence-corrected chi connectivity index (χ3v) is 4.47. The summed E-state index contributed by atoms with van der Waals surface area (Å²) in [5.74, 6) is -3.84. The lowest BCUT2D eigenvalue weighted by Gasteiger charge is -2.16. The topological polar surface area (TPSA) is 134 Å². The number of nitrogens with zero attached hydrogens (tertiary/aromatic N) is 2. The van der Waals surface area contributed by atoms with Crippen molar-refractivity contribution in [3.05, 3.63) is 59.7 Å². The molecule has 1 fully saturated rings. The van der Waals surface area contributed by atoms with Gasteiger partial charge in [0, 0.05) is 5.69 Å². The van der Waals surface area contributed by atoms with Crippen molar-refractivity contribution in [2.24, 2.45) is 16.8 Å². The van der Waals surface area contributed by atoms with Gasteiger partial charge in [0.25, 0.3) is 11.8 Å². The smallest absolute Gasteiger partial charge is 0.332 e. The molecule has 9 heteroatoms. The van der Waals surface area contributed by atoms with E-state index in [0.717, 1.165) is 10.5 Å². The average Bonchev–Trinajstić information content (AvgIpc) is 2.92. The zero-order valence-electron chi connectivity index (χ0n) is 15.8. The summed E-state index contributed by atoms with van der Waals surface area (Å²) in [5.41, 5.74) is 8.81. The minimum absolute atomic E-state index is 0.334. The molecule has 1 atom stereocenters. The van der Waals surface area contributed by atoms with Crippen LogP contribution in [0.5, 0.6) is 0 Å². The predicted octanol–water partition coefficient (Wildman–Crippen LogP) is 1.46. The molecule has 29 heavy (non-hydrogen) atoms. The third kappa shape index (κ3) is 3.84. The van der Waals surface area contributed by atoms with Gasteiger partial charge >= 0.3 is 6.03 Å². The molecule has 1 saturated heterocycles. The number of aryl methyl sites for hydroxylation is 2. The quantitative estimate of drug-likeness (QED) is 0.412. The lowest BCUT2D eigenvalue weighted by atomic mass is 10.0. The van der Waals surface area contributed by atoms with Crippen molar-refractivity contribution >= 4 is 40.8 Å². The highest BCUT2D eigenvalue weighted by Crippen LogP contribution is 2.29. The normalized spacial score (nSPS) is 17.5. The fourth-order valence-corrected chi connectivity index (χ4v) is 3.01. The fraction of sp³-hybridized carbons (Fsp3) is 0.150. The van der Waals surface area contributed by atoms with E-state index in [9.17, 15) is 19.2 Å². The van der Waals surface area contributed by atoms with Crippen molar-refractivity contribution in [3.63, 3.8) is 0 Å². The van der Waals surface area contributed by atoms with Crippen LogP contribution in [0.3, 0.4) is 0 Å². The molecule has 3 rings (SSSR count). The van der Waals surface area contributed by atoms with E-state index in [0.29, 0.717) is 16.9 Å². The van der Waals surface area contributed by atoms with Gasteiger partial charge in [-0.15, -0.1) is 0 Å². The molecule has 0 aromatic heterocycles. The van der Waals surface area contributed by atoms with E-state index >= 15 is 0 Å². The monoisotopic (exact) mass is 393 g/mol. The van der Waals surface area contributed by atoms with Crippen LogP contribution in [-0.4, -0.2) is 29.5 Å². The Morgan fingerprint density at radius 3 is 2.24 bits per heavy atom. The summed E-state index contributed by atoms with van der Waals surface area (Å²) in [6.45, 7) is 3.52. The molecular formula is C20H19N5O4. The van der Waals surface area contributed by atoms with E-state index < -0.39 is 35.4 Å². The highest BCUT2D eigenvalue weighted by atomic mass is 16.2. The van der Waals surface area contributed by atoms with Crippen LogP contribution < -0.4 is 21.4 Å². The molecule has 2 aromatic carbocycles. The summed E-state index contributed by atoms with van der Waals surface area (Å²) >= 11 is 0. The number of amides is 5. The number of nitrogens with one attached hydrogen (secondary N) is 2. The number of rotatable bonds is 4. The molecule has 9 nitrogen and oxygen atoms in total. The molecule has 0 saturated carbocycles. The maximum atomic E-state index is 13.1. The van der Waals surface area contributed by atoms with Gasteiger partial charge < -0.3 is 11.1 Å². The molecule has 4 N–H and O–H groups in total. The lowest BCUT2D eigenvalue weighted by Crippen LogP contribution is -2.35. The maximum Gasteiger partial charge on any atom is 0.332 e. The molecule has 0 bridgehead atoms. The number of urea groups is 1. The van der Waals surface area contributed by atoms with E-state index in [4.69, 9.17) is 5.73 Å². The number of nitrogens with two attached hydrogens (primary N) is 1. The van der Waals surface area contributed by atoms with Crippen molar-refractivity contribution < 1.29 is 19.2 Å². The van der Waals surface area contributed by atoms with Crippen molar-refractivity contribution in [1.82, 2.24) is 5.43 Å². The molecular weight excluding hydrogens is 374 g/mol. The molecule has 1 aliphatic rings. The molecule has 5 amide bonds. The number of para-hydroxylation sites is 2. The van der Waals surface area contributed by atoms with Crippen molar-refractivity contribution in [3.8, 4) is 0 Å². The van der Waals surface area contributed by atoms with Gasteiger partial charge in [0.2, 0.25) is 5.91 Å². The van der Waals surface area contributed by atoms with Crippen LogP contribution >= 0.6 is 0 Å². The summed E-state index contributed by atoms with van der Waals surface area (Å²) in [4.78, 5) is 50.8. The van der Waals surface area contributed by atoms with Gasteiger partial charge in [-0.05, 0) is 37.1 Å². The maximum absolute atomic E-state index is 13.1. The minimum Gasteiger partial charge on any atom is -0.350 e. The Hall–Kier alpha value is -4.01. The van der Waals surface area contributed by atoms with Crippen molar-refractivity contribution in [1.29, 1.82) is 0 Å². The first-order valence-electron chi connectivity index (χ1n) is 8.74. The van der Waals surface area contributed by atoms with Crippen LogP contribution in [0.15, 0.2) is 53.6 Å². The first-order valence-corrected chi connectivity index (χ1v) is 8.74. The predicted molar refractivity (Wildman–Crippen MR) is 107 cm³/mol. The molecule has 2 aromatic rings. The van der Waals surface area contributed by atoms with E-state index in [-0.39, 0.29) is 0 Å². The van der Waals surface area contributed by atoms with E-state index in [1.54, 1.807) is 62.4 Å². The number of benzene rings is 2. The van der Waals surface area contributed by atoms with Crippen LogP contribution in [0.1, 0.15) is 11.1 Å². The second kappa shape index (κ2) is 7.93. The van der Waals surface area contributed by atoms with Gasteiger partial charge in [-0.1, -0.05) is 36.4 Å². The average molecular weight is 393 g/mol. The van der Waals surface area contributed by atoms with Gasteiger partial charge in [-0.25, -0.2) is 15.1 Å². The zero-order chi connectivity index (χ0) is 21.1. The van der Waals surface area contributed by atoms with Crippen molar-refractivity contribution in [2.75, 3.05) is 10.2 Å². The Labute approximate surface area is 166 Å². The van der Waals surface area contributed by atoms with E-state index in [2.05, 4.69) is 10.4 Å². The SMILES string of the molecule is Cc1ccccc1NC(=O)C1C(=O)N(c2ccccc2C)C(=O)C1=NNC(N)=O. The van der Waals surface area contributed by atoms with Crippen molar-refractivity contribution in [2.45, 2.75) is 13.8 Å². The number of anilines is 2. The number of hydrogen-bond acceptors (Lipinski definition) is 5. The first kappa shape index (κ1) is 19.7. The van der Waals surface area contributed by atoms with Crippen LogP contribution in [-0.2, 0) is 14.4 Å². The third-order valence-electron chi connectivity index (χ3n) is 4.47.